The molecule has 1 aliphatic rings. The fraction of sp³-hybridized carbons (Fsp3) is 0.440. The van der Waals surface area contributed by atoms with Gasteiger partial charge >= 0.3 is 12.2 Å². The quantitative estimate of drug-likeness (QED) is 0.634. The number of rotatable bonds is 6. The molecular formula is C25H31F3N4O2. The predicted molar refractivity (Wildman–Crippen MR) is 126 cm³/mol. The van der Waals surface area contributed by atoms with Crippen LogP contribution in [0.15, 0.2) is 42.5 Å². The van der Waals surface area contributed by atoms with Crippen LogP contribution >= 0.6 is 0 Å². The third-order valence-corrected chi connectivity index (χ3v) is 6.07. The number of carbonyl (C=O) groups is 2. The van der Waals surface area contributed by atoms with E-state index in [0.717, 1.165) is 23.3 Å². The van der Waals surface area contributed by atoms with Crippen LogP contribution in [0.1, 0.15) is 45.8 Å². The van der Waals surface area contributed by atoms with Gasteiger partial charge in [-0.3, -0.25) is 4.79 Å². The standard InChI is InChI=1S/C25H31F3N4O2/c1-17-4-5-20(16-22(17)30-24(34)29-12-15-31(2)3)23(33)32-13-10-19(11-14-32)18-6-8-21(9-7-18)25(26,27)28/h4-9,16,19H,10-15H2,1-3H3,(H2,29,30,34). The molecule has 2 N–H and O–H groups in total. The lowest BCUT2D eigenvalue weighted by molar-refractivity contribution is -0.137. The van der Waals surface area contributed by atoms with Crippen LogP contribution in [-0.2, 0) is 6.18 Å². The minimum atomic E-state index is -4.34. The summed E-state index contributed by atoms with van der Waals surface area (Å²) in [5.41, 5.74) is 2.12. The van der Waals surface area contributed by atoms with Gasteiger partial charge < -0.3 is 20.4 Å². The second-order valence-corrected chi connectivity index (χ2v) is 8.90. The number of likely N-dealkylation sites (N-methyl/N-ethyl adjacent to an activating group) is 1. The number of aryl methyl sites for hydroxylation is 1. The molecule has 34 heavy (non-hydrogen) atoms. The van der Waals surface area contributed by atoms with Crippen molar-refractivity contribution in [3.05, 3.63) is 64.7 Å². The number of benzene rings is 2. The van der Waals surface area contributed by atoms with Crippen LogP contribution in [0.25, 0.3) is 0 Å². The summed E-state index contributed by atoms with van der Waals surface area (Å²) in [6.45, 7) is 4.12. The van der Waals surface area contributed by atoms with E-state index in [1.807, 2.05) is 25.9 Å². The Morgan fingerprint density at radius 1 is 1.06 bits per heavy atom. The number of alkyl halides is 3. The van der Waals surface area contributed by atoms with Gasteiger partial charge in [0.2, 0.25) is 0 Å². The number of urea groups is 1. The first-order valence-corrected chi connectivity index (χ1v) is 11.3. The van der Waals surface area contributed by atoms with Crippen molar-refractivity contribution in [3.63, 3.8) is 0 Å². The summed E-state index contributed by atoms with van der Waals surface area (Å²) in [6.07, 6.45) is -2.98. The van der Waals surface area contributed by atoms with E-state index in [2.05, 4.69) is 10.6 Å². The highest BCUT2D eigenvalue weighted by Crippen LogP contribution is 2.33. The van der Waals surface area contributed by atoms with E-state index < -0.39 is 11.7 Å². The lowest BCUT2D eigenvalue weighted by Crippen LogP contribution is -2.38. The zero-order chi connectivity index (χ0) is 24.9. The summed E-state index contributed by atoms with van der Waals surface area (Å²) in [7, 11) is 3.84. The molecule has 0 spiro atoms. The van der Waals surface area contributed by atoms with Crippen LogP contribution in [0.4, 0.5) is 23.7 Å². The topological polar surface area (TPSA) is 64.7 Å². The van der Waals surface area contributed by atoms with E-state index in [0.29, 0.717) is 50.3 Å². The maximum absolute atomic E-state index is 13.1. The normalized spacial score (nSPS) is 14.9. The molecule has 0 radical (unpaired) electrons. The molecule has 1 heterocycles. The van der Waals surface area contributed by atoms with Crippen LogP contribution in [0.2, 0.25) is 0 Å². The second kappa shape index (κ2) is 10.9. The molecule has 1 saturated heterocycles. The zero-order valence-electron chi connectivity index (χ0n) is 19.7. The van der Waals surface area contributed by atoms with Gasteiger partial charge in [-0.1, -0.05) is 18.2 Å². The molecule has 0 aliphatic carbocycles. The minimum Gasteiger partial charge on any atom is -0.339 e. The fourth-order valence-electron chi connectivity index (χ4n) is 3.99. The van der Waals surface area contributed by atoms with Gasteiger partial charge in [-0.15, -0.1) is 0 Å². The van der Waals surface area contributed by atoms with Crippen LogP contribution in [0, 0.1) is 6.92 Å². The summed E-state index contributed by atoms with van der Waals surface area (Å²) in [4.78, 5) is 29.0. The number of hydrogen-bond donors (Lipinski definition) is 2. The maximum atomic E-state index is 13.1. The minimum absolute atomic E-state index is 0.118. The van der Waals surface area contributed by atoms with E-state index in [-0.39, 0.29) is 17.9 Å². The van der Waals surface area contributed by atoms with E-state index in [1.165, 1.54) is 12.1 Å². The summed E-state index contributed by atoms with van der Waals surface area (Å²) < 4.78 is 38.4. The van der Waals surface area contributed by atoms with Crippen molar-refractivity contribution < 1.29 is 22.8 Å². The largest absolute Gasteiger partial charge is 0.416 e. The Labute approximate surface area is 198 Å². The Morgan fingerprint density at radius 3 is 2.29 bits per heavy atom. The highest BCUT2D eigenvalue weighted by atomic mass is 19.4. The molecule has 0 bridgehead atoms. The smallest absolute Gasteiger partial charge is 0.339 e. The van der Waals surface area contributed by atoms with Crippen molar-refractivity contribution in [2.75, 3.05) is 45.6 Å². The van der Waals surface area contributed by atoms with Crippen LogP contribution in [-0.4, -0.2) is 62.0 Å². The van der Waals surface area contributed by atoms with Gasteiger partial charge in [0.1, 0.15) is 0 Å². The van der Waals surface area contributed by atoms with Gasteiger partial charge in [-0.2, -0.15) is 13.2 Å². The molecular weight excluding hydrogens is 445 g/mol. The first kappa shape index (κ1) is 25.6. The summed E-state index contributed by atoms with van der Waals surface area (Å²) in [6, 6.07) is 10.2. The lowest BCUT2D eigenvalue weighted by Gasteiger charge is -2.32. The molecule has 1 aliphatic heterocycles. The average molecular weight is 477 g/mol. The third-order valence-electron chi connectivity index (χ3n) is 6.07. The number of hydrogen-bond acceptors (Lipinski definition) is 3. The van der Waals surface area contributed by atoms with Crippen molar-refractivity contribution in [2.45, 2.75) is 31.9 Å². The zero-order valence-corrected chi connectivity index (χ0v) is 19.7. The summed E-state index contributed by atoms with van der Waals surface area (Å²) in [5.74, 6) is -0.00521. The molecule has 0 atom stereocenters. The van der Waals surface area contributed by atoms with Crippen LogP contribution in [0.3, 0.4) is 0 Å². The van der Waals surface area contributed by atoms with Crippen molar-refractivity contribution in [1.29, 1.82) is 0 Å². The molecule has 0 unspecified atom stereocenters. The number of nitrogens with zero attached hydrogens (tertiary/aromatic N) is 2. The predicted octanol–water partition coefficient (Wildman–Crippen LogP) is 4.72. The summed E-state index contributed by atoms with van der Waals surface area (Å²) >= 11 is 0. The van der Waals surface area contributed by atoms with Crippen molar-refractivity contribution in [1.82, 2.24) is 15.1 Å². The molecule has 9 heteroatoms. The number of likely N-dealkylation sites (tertiary alicyclic amines) is 1. The Bertz CT molecular complexity index is 998. The van der Waals surface area contributed by atoms with Gasteiger partial charge in [0, 0.05) is 37.4 Å². The van der Waals surface area contributed by atoms with E-state index >= 15 is 0 Å². The first-order valence-electron chi connectivity index (χ1n) is 11.3. The number of piperidine rings is 1. The first-order chi connectivity index (χ1) is 16.0. The number of halogens is 3. The number of nitrogens with one attached hydrogen (secondary N) is 2. The Morgan fingerprint density at radius 2 is 1.71 bits per heavy atom. The molecule has 184 valence electrons. The van der Waals surface area contributed by atoms with Gasteiger partial charge in [-0.05, 0) is 75.2 Å². The van der Waals surface area contributed by atoms with E-state index in [4.69, 9.17) is 0 Å². The number of carbonyl (C=O) groups excluding carboxylic acids is 2. The van der Waals surface area contributed by atoms with E-state index in [1.54, 1.807) is 23.1 Å². The maximum Gasteiger partial charge on any atom is 0.416 e. The molecule has 6 nitrogen and oxygen atoms in total. The van der Waals surface area contributed by atoms with Crippen molar-refractivity contribution in [3.8, 4) is 0 Å². The molecule has 0 aromatic heterocycles. The van der Waals surface area contributed by atoms with Crippen molar-refractivity contribution in [2.24, 2.45) is 0 Å². The number of amides is 3. The van der Waals surface area contributed by atoms with Crippen LogP contribution < -0.4 is 10.6 Å². The van der Waals surface area contributed by atoms with E-state index in [9.17, 15) is 22.8 Å². The SMILES string of the molecule is Cc1ccc(C(=O)N2CCC(c3ccc(C(F)(F)F)cc3)CC2)cc1NC(=O)NCCN(C)C. The van der Waals surface area contributed by atoms with Gasteiger partial charge in [0.05, 0.1) is 5.56 Å². The molecule has 2 aromatic carbocycles. The van der Waals surface area contributed by atoms with Crippen LogP contribution in [0.5, 0.6) is 0 Å². The lowest BCUT2D eigenvalue weighted by atomic mass is 9.88. The third kappa shape index (κ3) is 6.72. The molecule has 2 aromatic rings. The molecule has 0 saturated carbocycles. The summed E-state index contributed by atoms with van der Waals surface area (Å²) in [5, 5.41) is 5.59. The molecule has 3 rings (SSSR count). The average Bonchev–Trinajstić information content (AvgIpc) is 2.79. The molecule has 3 amide bonds. The Hall–Kier alpha value is -3.07. The van der Waals surface area contributed by atoms with Gasteiger partial charge in [0.15, 0.2) is 0 Å². The molecule has 1 fully saturated rings. The Kier molecular flexibility index (Phi) is 8.19. The number of anilines is 1. The monoisotopic (exact) mass is 476 g/mol. The van der Waals surface area contributed by atoms with Gasteiger partial charge in [0.25, 0.3) is 5.91 Å². The second-order valence-electron chi connectivity index (χ2n) is 8.90. The highest BCUT2D eigenvalue weighted by molar-refractivity contribution is 5.97. The Balaban J connectivity index is 1.58. The highest BCUT2D eigenvalue weighted by Gasteiger charge is 2.31. The van der Waals surface area contributed by atoms with Gasteiger partial charge in [-0.25, -0.2) is 4.79 Å². The fourth-order valence-corrected chi connectivity index (χ4v) is 3.99. The van der Waals surface area contributed by atoms with Crippen molar-refractivity contribution >= 4 is 17.6 Å².